The summed E-state index contributed by atoms with van der Waals surface area (Å²) < 4.78 is 0. The van der Waals surface area contributed by atoms with Crippen molar-refractivity contribution in [3.05, 3.63) is 35.4 Å². The molecule has 1 saturated carbocycles. The van der Waals surface area contributed by atoms with Crippen LogP contribution in [0.25, 0.3) is 0 Å². The van der Waals surface area contributed by atoms with Crippen molar-refractivity contribution in [1.29, 1.82) is 0 Å². The summed E-state index contributed by atoms with van der Waals surface area (Å²) in [6, 6.07) is 9.70. The molecule has 1 fully saturated rings. The minimum absolute atomic E-state index is 0.546. The van der Waals surface area contributed by atoms with Crippen LogP contribution in [0, 0.1) is 0 Å². The lowest BCUT2D eigenvalue weighted by Crippen LogP contribution is -2.33. The van der Waals surface area contributed by atoms with Crippen molar-refractivity contribution in [3.63, 3.8) is 0 Å². The standard InChI is InChI=1S/C15H21N/c1-16-14-8-11-15(9-4-5-10-15)13-7-3-2-6-12(13)14/h2-3,6-7,14,16H,4-5,8-11H2,1H3. The normalized spacial score (nSPS) is 26.9. The maximum Gasteiger partial charge on any atom is 0.0320 e. The van der Waals surface area contributed by atoms with Crippen LogP contribution < -0.4 is 5.32 Å². The molecule has 2 aliphatic carbocycles. The lowest BCUT2D eigenvalue weighted by molar-refractivity contribution is 0.327. The largest absolute Gasteiger partial charge is 0.313 e. The molecule has 1 aromatic rings. The van der Waals surface area contributed by atoms with E-state index in [1.54, 1.807) is 11.1 Å². The monoisotopic (exact) mass is 215 g/mol. The second-order valence-corrected chi connectivity index (χ2v) is 5.45. The highest BCUT2D eigenvalue weighted by Gasteiger charge is 2.40. The maximum absolute atomic E-state index is 3.47. The molecule has 1 unspecified atom stereocenters. The van der Waals surface area contributed by atoms with Gasteiger partial charge in [-0.15, -0.1) is 0 Å². The van der Waals surface area contributed by atoms with Crippen LogP contribution in [-0.2, 0) is 5.41 Å². The number of nitrogens with one attached hydrogen (secondary N) is 1. The Labute approximate surface area is 98.3 Å². The molecule has 0 saturated heterocycles. The van der Waals surface area contributed by atoms with E-state index in [4.69, 9.17) is 0 Å². The Morgan fingerprint density at radius 1 is 1.12 bits per heavy atom. The van der Waals surface area contributed by atoms with E-state index in [9.17, 15) is 0 Å². The number of rotatable bonds is 1. The van der Waals surface area contributed by atoms with Gasteiger partial charge in [-0.1, -0.05) is 37.1 Å². The molecule has 0 bridgehead atoms. The van der Waals surface area contributed by atoms with Gasteiger partial charge in [0.25, 0.3) is 0 Å². The van der Waals surface area contributed by atoms with Crippen LogP contribution >= 0.6 is 0 Å². The van der Waals surface area contributed by atoms with E-state index >= 15 is 0 Å². The summed E-state index contributed by atoms with van der Waals surface area (Å²) in [7, 11) is 2.09. The van der Waals surface area contributed by atoms with Crippen LogP contribution in [0.5, 0.6) is 0 Å². The Balaban J connectivity index is 2.08. The summed E-state index contributed by atoms with van der Waals surface area (Å²) in [4.78, 5) is 0. The zero-order valence-electron chi connectivity index (χ0n) is 10.1. The fraction of sp³-hybridized carbons (Fsp3) is 0.600. The van der Waals surface area contributed by atoms with E-state index in [1.807, 2.05) is 0 Å². The summed E-state index contributed by atoms with van der Waals surface area (Å²) in [6.45, 7) is 0. The number of benzene rings is 1. The molecule has 2 aliphatic rings. The third-order valence-electron chi connectivity index (χ3n) is 4.73. The number of fused-ring (bicyclic) bond motifs is 2. The van der Waals surface area contributed by atoms with Crippen molar-refractivity contribution in [3.8, 4) is 0 Å². The average Bonchev–Trinajstić information content (AvgIpc) is 2.80. The molecular weight excluding hydrogens is 194 g/mol. The van der Waals surface area contributed by atoms with Crippen LogP contribution in [0.4, 0.5) is 0 Å². The van der Waals surface area contributed by atoms with E-state index in [0.717, 1.165) is 0 Å². The van der Waals surface area contributed by atoms with Crippen molar-refractivity contribution >= 4 is 0 Å². The highest BCUT2D eigenvalue weighted by Crippen LogP contribution is 2.50. The predicted molar refractivity (Wildman–Crippen MR) is 67.6 cm³/mol. The molecule has 1 aromatic carbocycles. The first-order valence-electron chi connectivity index (χ1n) is 6.62. The summed E-state index contributed by atoms with van der Waals surface area (Å²) in [5.74, 6) is 0. The summed E-state index contributed by atoms with van der Waals surface area (Å²) in [5.41, 5.74) is 3.76. The van der Waals surface area contributed by atoms with Crippen LogP contribution in [-0.4, -0.2) is 7.05 Å². The molecule has 0 radical (unpaired) electrons. The Hall–Kier alpha value is -0.820. The van der Waals surface area contributed by atoms with E-state index in [0.29, 0.717) is 11.5 Å². The SMILES string of the molecule is CNC1CCC2(CCCC2)c2ccccc21. The van der Waals surface area contributed by atoms with Gasteiger partial charge in [0, 0.05) is 6.04 Å². The quantitative estimate of drug-likeness (QED) is 0.755. The highest BCUT2D eigenvalue weighted by molar-refractivity contribution is 5.39. The Morgan fingerprint density at radius 3 is 2.62 bits per heavy atom. The number of hydrogen-bond donors (Lipinski definition) is 1. The molecule has 0 aromatic heterocycles. The van der Waals surface area contributed by atoms with Gasteiger partial charge < -0.3 is 5.32 Å². The second-order valence-electron chi connectivity index (χ2n) is 5.45. The van der Waals surface area contributed by atoms with Crippen LogP contribution in [0.3, 0.4) is 0 Å². The van der Waals surface area contributed by atoms with Gasteiger partial charge in [0.15, 0.2) is 0 Å². The molecule has 1 nitrogen and oxygen atoms in total. The Morgan fingerprint density at radius 2 is 1.88 bits per heavy atom. The van der Waals surface area contributed by atoms with Crippen molar-refractivity contribution < 1.29 is 0 Å². The van der Waals surface area contributed by atoms with Gasteiger partial charge in [0.05, 0.1) is 0 Å². The molecule has 1 heteroatoms. The fourth-order valence-corrected chi connectivity index (χ4v) is 3.87. The third kappa shape index (κ3) is 1.41. The first-order chi connectivity index (χ1) is 7.86. The predicted octanol–water partition coefficient (Wildman–Crippen LogP) is 3.55. The first kappa shape index (κ1) is 10.3. The third-order valence-corrected chi connectivity index (χ3v) is 4.73. The smallest absolute Gasteiger partial charge is 0.0320 e. The van der Waals surface area contributed by atoms with Gasteiger partial charge >= 0.3 is 0 Å². The van der Waals surface area contributed by atoms with Gasteiger partial charge in [-0.3, -0.25) is 0 Å². The molecule has 0 aliphatic heterocycles. The molecule has 1 spiro atoms. The number of hydrogen-bond acceptors (Lipinski definition) is 1. The lowest BCUT2D eigenvalue weighted by atomic mass is 9.67. The molecule has 0 heterocycles. The van der Waals surface area contributed by atoms with Crippen molar-refractivity contribution in [2.75, 3.05) is 7.05 Å². The lowest BCUT2D eigenvalue weighted by Gasteiger charge is -2.39. The van der Waals surface area contributed by atoms with Crippen LogP contribution in [0.2, 0.25) is 0 Å². The fourth-order valence-electron chi connectivity index (χ4n) is 3.87. The Kier molecular flexibility index (Phi) is 2.51. The maximum atomic E-state index is 3.47. The minimum atomic E-state index is 0.546. The highest BCUT2D eigenvalue weighted by atomic mass is 14.9. The van der Waals surface area contributed by atoms with Gasteiger partial charge in [0.1, 0.15) is 0 Å². The second kappa shape index (κ2) is 3.89. The average molecular weight is 215 g/mol. The van der Waals surface area contributed by atoms with E-state index in [1.165, 1.54) is 38.5 Å². The molecule has 16 heavy (non-hydrogen) atoms. The zero-order chi connectivity index (χ0) is 11.0. The Bertz CT molecular complexity index is 377. The summed E-state index contributed by atoms with van der Waals surface area (Å²) >= 11 is 0. The van der Waals surface area contributed by atoms with E-state index < -0.39 is 0 Å². The van der Waals surface area contributed by atoms with Crippen molar-refractivity contribution in [2.45, 2.75) is 50.0 Å². The minimum Gasteiger partial charge on any atom is -0.313 e. The first-order valence-corrected chi connectivity index (χ1v) is 6.62. The zero-order valence-corrected chi connectivity index (χ0v) is 10.1. The topological polar surface area (TPSA) is 12.0 Å². The van der Waals surface area contributed by atoms with Crippen molar-refractivity contribution in [1.82, 2.24) is 5.32 Å². The molecule has 3 rings (SSSR count). The van der Waals surface area contributed by atoms with Crippen LogP contribution in [0.15, 0.2) is 24.3 Å². The summed E-state index contributed by atoms with van der Waals surface area (Å²) in [5, 5.41) is 3.47. The summed E-state index contributed by atoms with van der Waals surface area (Å²) in [6.07, 6.45) is 8.39. The van der Waals surface area contributed by atoms with Crippen LogP contribution in [0.1, 0.15) is 55.7 Å². The molecular formula is C15H21N. The molecule has 1 atom stereocenters. The van der Waals surface area contributed by atoms with Gasteiger partial charge in [0.2, 0.25) is 0 Å². The van der Waals surface area contributed by atoms with Crippen molar-refractivity contribution in [2.24, 2.45) is 0 Å². The van der Waals surface area contributed by atoms with E-state index in [-0.39, 0.29) is 0 Å². The van der Waals surface area contributed by atoms with E-state index in [2.05, 4.69) is 36.6 Å². The van der Waals surface area contributed by atoms with Gasteiger partial charge in [-0.25, -0.2) is 0 Å². The molecule has 1 N–H and O–H groups in total. The molecule has 0 amide bonds. The molecule has 86 valence electrons. The van der Waals surface area contributed by atoms with Gasteiger partial charge in [-0.2, -0.15) is 0 Å². The van der Waals surface area contributed by atoms with Gasteiger partial charge in [-0.05, 0) is 49.3 Å².